The maximum atomic E-state index is 6.02. The van der Waals surface area contributed by atoms with Crippen molar-refractivity contribution in [2.45, 2.75) is 36.4 Å². The zero-order valence-electron chi connectivity index (χ0n) is 17.7. The predicted molar refractivity (Wildman–Crippen MR) is 135 cm³/mol. The van der Waals surface area contributed by atoms with Crippen molar-refractivity contribution in [2.24, 2.45) is 5.73 Å². The zero-order valence-corrected chi connectivity index (χ0v) is 22.3. The molecule has 0 saturated heterocycles. The molecule has 0 aliphatic carbocycles. The molecule has 1 aromatic heterocycles. The van der Waals surface area contributed by atoms with Crippen molar-refractivity contribution in [3.8, 4) is 0 Å². The van der Waals surface area contributed by atoms with Crippen LogP contribution in [0.2, 0.25) is 0 Å². The van der Waals surface area contributed by atoms with Gasteiger partial charge in [0.1, 0.15) is 4.70 Å². The van der Waals surface area contributed by atoms with E-state index in [0.29, 0.717) is 5.11 Å². The van der Waals surface area contributed by atoms with Crippen LogP contribution >= 0.6 is 35.3 Å². The number of thiazole rings is 1. The van der Waals surface area contributed by atoms with E-state index in [9.17, 15) is 0 Å². The van der Waals surface area contributed by atoms with Crippen LogP contribution in [0.25, 0.3) is 15.8 Å². The van der Waals surface area contributed by atoms with E-state index in [2.05, 4.69) is 74.5 Å². The van der Waals surface area contributed by atoms with Crippen LogP contribution < -0.4 is 44.6 Å². The number of halogens is 1. The number of hydrogen-bond donors (Lipinski definition) is 2. The van der Waals surface area contributed by atoms with Gasteiger partial charge in [0, 0.05) is 29.5 Å². The molecule has 7 rings (SSSR count). The molecule has 2 aromatic carbocycles. The highest BCUT2D eigenvalue weighted by molar-refractivity contribution is 8.03. The minimum absolute atomic E-state index is 0. The summed E-state index contributed by atoms with van der Waals surface area (Å²) in [7, 11) is 0. The first kappa shape index (κ1) is 21.8. The molecule has 0 amide bonds. The lowest BCUT2D eigenvalue weighted by Crippen LogP contribution is -3.00. The molecule has 5 nitrogen and oxygen atoms in total. The summed E-state index contributed by atoms with van der Waals surface area (Å²) < 4.78 is 3.83. The van der Waals surface area contributed by atoms with Crippen LogP contribution in [0.5, 0.6) is 0 Å². The highest BCUT2D eigenvalue weighted by Crippen LogP contribution is 2.52. The van der Waals surface area contributed by atoms with E-state index in [0.717, 1.165) is 25.9 Å². The van der Waals surface area contributed by atoms with Crippen LogP contribution in [0.4, 0.5) is 5.69 Å². The quantitative estimate of drug-likeness (QED) is 0.246. The van der Waals surface area contributed by atoms with Crippen molar-refractivity contribution in [3.63, 3.8) is 0 Å². The highest BCUT2D eigenvalue weighted by Gasteiger charge is 2.47. The number of aromatic nitrogens is 1. The molecule has 168 valence electrons. The molecular formula is C24H22IN5S3. The third kappa shape index (κ3) is 3.27. The average molecular weight is 604 g/mol. The number of hydrogen-bond acceptors (Lipinski definition) is 5. The molecule has 4 aliphatic heterocycles. The molecule has 0 saturated carbocycles. The molecule has 0 fully saturated rings. The van der Waals surface area contributed by atoms with Gasteiger partial charge in [0.05, 0.1) is 28.4 Å². The number of rotatable bonds is 1. The second-order valence-electron chi connectivity index (χ2n) is 8.60. The SMILES string of the molecule is NC(=S)NN1C2CC[n+]3c(sc4ccccc43)C2=CC2=C3Sc4ccccc4N3CCC21.[I-]. The lowest BCUT2D eigenvalue weighted by Gasteiger charge is -2.46. The maximum Gasteiger partial charge on any atom is 0.267 e. The number of thiocarbonyl (C=S) groups is 1. The minimum atomic E-state index is 0. The number of fused-ring (bicyclic) bond motifs is 9. The van der Waals surface area contributed by atoms with Crippen molar-refractivity contribution >= 4 is 61.9 Å². The summed E-state index contributed by atoms with van der Waals surface area (Å²) in [4.78, 5) is 3.83. The molecule has 0 spiro atoms. The first-order valence-electron chi connectivity index (χ1n) is 11.0. The smallest absolute Gasteiger partial charge is 0.267 e. The van der Waals surface area contributed by atoms with Crippen LogP contribution in [-0.2, 0) is 6.54 Å². The summed E-state index contributed by atoms with van der Waals surface area (Å²) in [5.74, 6) is 0. The third-order valence-electron chi connectivity index (χ3n) is 6.90. The Kier molecular flexibility index (Phi) is 5.45. The van der Waals surface area contributed by atoms with Gasteiger partial charge in [-0.2, -0.15) is 4.57 Å². The molecule has 2 unspecified atom stereocenters. The Morgan fingerprint density at radius 3 is 2.79 bits per heavy atom. The second kappa shape index (κ2) is 8.23. The molecule has 0 bridgehead atoms. The van der Waals surface area contributed by atoms with Crippen molar-refractivity contribution in [1.82, 2.24) is 10.4 Å². The Hall–Kier alpha value is -1.66. The van der Waals surface area contributed by atoms with Gasteiger partial charge in [-0.3, -0.25) is 5.43 Å². The molecular weight excluding hydrogens is 581 g/mol. The summed E-state index contributed by atoms with van der Waals surface area (Å²) in [5, 5.41) is 5.40. The van der Waals surface area contributed by atoms with Gasteiger partial charge >= 0.3 is 0 Å². The summed E-state index contributed by atoms with van der Waals surface area (Å²) in [6.45, 7) is 2.00. The fraction of sp³-hybridized carbons (Fsp3) is 0.250. The Labute approximate surface area is 223 Å². The number of thioether (sulfide) groups is 1. The van der Waals surface area contributed by atoms with Crippen LogP contribution in [0.3, 0.4) is 0 Å². The molecule has 2 atom stereocenters. The Balaban J connectivity index is 0.00000206. The third-order valence-corrected chi connectivity index (χ3v) is 9.42. The summed E-state index contributed by atoms with van der Waals surface area (Å²) in [6.07, 6.45) is 4.56. The van der Waals surface area contributed by atoms with Crippen molar-refractivity contribution in [2.75, 3.05) is 11.4 Å². The number of nitrogens with one attached hydrogen (secondary N) is 1. The van der Waals surface area contributed by atoms with E-state index in [1.54, 1.807) is 0 Å². The molecule has 3 aromatic rings. The second-order valence-corrected chi connectivity index (χ2v) is 11.1. The first-order valence-corrected chi connectivity index (χ1v) is 13.0. The predicted octanol–water partition coefficient (Wildman–Crippen LogP) is 1.01. The Morgan fingerprint density at radius 2 is 1.91 bits per heavy atom. The van der Waals surface area contributed by atoms with Crippen LogP contribution in [-0.4, -0.2) is 28.7 Å². The number of nitrogens with two attached hydrogens (primary N) is 1. The van der Waals surface area contributed by atoms with Crippen molar-refractivity contribution < 1.29 is 28.5 Å². The van der Waals surface area contributed by atoms with E-state index in [1.807, 2.05) is 23.1 Å². The van der Waals surface area contributed by atoms with Crippen molar-refractivity contribution in [3.05, 3.63) is 70.2 Å². The molecule has 3 N–H and O–H groups in total. The van der Waals surface area contributed by atoms with Gasteiger partial charge in [-0.05, 0) is 42.9 Å². The number of aryl methyl sites for hydroxylation is 1. The average Bonchev–Trinajstić information content (AvgIpc) is 3.37. The monoisotopic (exact) mass is 603 g/mol. The minimum Gasteiger partial charge on any atom is -1.00 e. The first-order chi connectivity index (χ1) is 15.7. The van der Waals surface area contributed by atoms with Crippen LogP contribution in [0, 0.1) is 0 Å². The van der Waals surface area contributed by atoms with Gasteiger partial charge in [0.15, 0.2) is 11.7 Å². The largest absolute Gasteiger partial charge is 1.00 e. The highest BCUT2D eigenvalue weighted by atomic mass is 127. The number of benzene rings is 2. The lowest BCUT2D eigenvalue weighted by molar-refractivity contribution is -0.673. The topological polar surface area (TPSA) is 48.4 Å². The van der Waals surface area contributed by atoms with E-state index in [1.165, 1.54) is 42.0 Å². The van der Waals surface area contributed by atoms with E-state index < -0.39 is 0 Å². The van der Waals surface area contributed by atoms with Gasteiger partial charge in [0.2, 0.25) is 5.52 Å². The van der Waals surface area contributed by atoms with E-state index in [4.69, 9.17) is 18.0 Å². The number of para-hydroxylation sites is 2. The van der Waals surface area contributed by atoms with Gasteiger partial charge in [0.25, 0.3) is 5.01 Å². The van der Waals surface area contributed by atoms with Gasteiger partial charge in [-0.15, -0.1) is 0 Å². The summed E-state index contributed by atoms with van der Waals surface area (Å²) >= 11 is 9.10. The van der Waals surface area contributed by atoms with Crippen molar-refractivity contribution in [1.29, 1.82) is 0 Å². The molecule has 9 heteroatoms. The molecule has 5 heterocycles. The van der Waals surface area contributed by atoms with Gasteiger partial charge < -0.3 is 34.6 Å². The Morgan fingerprint density at radius 1 is 1.09 bits per heavy atom. The normalized spacial score (nSPS) is 23.0. The Bertz CT molecular complexity index is 1360. The fourth-order valence-corrected chi connectivity index (χ4v) is 8.21. The molecule has 4 aliphatic rings. The van der Waals surface area contributed by atoms with Gasteiger partial charge in [-0.25, -0.2) is 5.01 Å². The van der Waals surface area contributed by atoms with Crippen LogP contribution in [0.15, 0.2) is 70.1 Å². The fourth-order valence-electron chi connectivity index (χ4n) is 5.60. The number of anilines is 1. The molecule has 33 heavy (non-hydrogen) atoms. The molecule has 0 radical (unpaired) electrons. The summed E-state index contributed by atoms with van der Waals surface area (Å²) in [6, 6.07) is 18.0. The zero-order chi connectivity index (χ0) is 21.4. The van der Waals surface area contributed by atoms with Gasteiger partial charge in [-0.1, -0.05) is 47.4 Å². The number of nitrogens with zero attached hydrogens (tertiary/aromatic N) is 3. The lowest BCUT2D eigenvalue weighted by atomic mass is 9.86. The standard InChI is InChI=1S/C24H21N5S3.HI/c25-24(30)26-29-16-9-11-27-18-5-1-3-7-20(18)31-22(27)14(16)13-15-17(29)10-12-28-19-6-2-4-8-21(19)32-23(15)28;/h1-8,13,16-17H,9-12H2,(H2-,25,26,30);1H. The van der Waals surface area contributed by atoms with Crippen LogP contribution in [0.1, 0.15) is 17.8 Å². The maximum absolute atomic E-state index is 6.02. The van der Waals surface area contributed by atoms with E-state index >= 15 is 0 Å². The number of hydrazine groups is 1. The van der Waals surface area contributed by atoms with E-state index in [-0.39, 0.29) is 36.1 Å². The summed E-state index contributed by atoms with van der Waals surface area (Å²) in [5.41, 5.74) is 14.8.